The normalized spacial score (nSPS) is 17.7. The number of hydrogen-bond donors (Lipinski definition) is 2. The van der Waals surface area contributed by atoms with Gasteiger partial charge in [0.05, 0.1) is 16.9 Å². The number of nitrogens with two attached hydrogens (primary N) is 1. The first-order valence-corrected chi connectivity index (χ1v) is 9.81. The number of hydrogen-bond acceptors (Lipinski definition) is 4. The zero-order valence-corrected chi connectivity index (χ0v) is 16.8. The second kappa shape index (κ2) is 7.46. The minimum absolute atomic E-state index is 0.127. The number of amides is 3. The zero-order chi connectivity index (χ0) is 21.6. The number of rotatable bonds is 4. The van der Waals surface area contributed by atoms with Crippen LogP contribution in [-0.4, -0.2) is 27.1 Å². The molecule has 3 amide bonds. The maximum atomic E-state index is 13.3. The zero-order valence-electron chi connectivity index (χ0n) is 16.1. The van der Waals surface area contributed by atoms with E-state index in [9.17, 15) is 19.2 Å². The molecule has 154 valence electrons. The molecule has 2 atom stereocenters. The Morgan fingerprint density at radius 2 is 1.97 bits per heavy atom. The van der Waals surface area contributed by atoms with E-state index in [4.69, 9.17) is 17.3 Å². The molecule has 0 bridgehead atoms. The maximum absolute atomic E-state index is 13.3. The lowest BCUT2D eigenvalue weighted by molar-refractivity contribution is -0.136. The monoisotopic (exact) mass is 426 g/mol. The third kappa shape index (κ3) is 3.29. The number of primary amides is 1. The van der Waals surface area contributed by atoms with E-state index in [1.54, 1.807) is 28.9 Å². The number of nitrogens with one attached hydrogen (secondary N) is 1. The lowest BCUT2D eigenvalue weighted by Gasteiger charge is -2.27. The molecular weight excluding hydrogens is 408 g/mol. The Kier molecular flexibility index (Phi) is 4.95. The Balaban J connectivity index is 2.00. The van der Waals surface area contributed by atoms with Gasteiger partial charge in [0.1, 0.15) is 6.04 Å². The molecule has 2 aromatic carbocycles. The molecule has 0 radical (unpaired) electrons. The van der Waals surface area contributed by atoms with Gasteiger partial charge in [-0.1, -0.05) is 23.7 Å². The van der Waals surface area contributed by atoms with E-state index in [1.165, 1.54) is 16.8 Å². The fourth-order valence-electron chi connectivity index (χ4n) is 3.90. The molecule has 1 aliphatic heterocycles. The number of halogens is 1. The summed E-state index contributed by atoms with van der Waals surface area (Å²) in [7, 11) is 0. The molecule has 1 saturated heterocycles. The number of carbonyl (C=O) groups excluding carboxylic acids is 3. The molecule has 1 aliphatic rings. The quantitative estimate of drug-likeness (QED) is 0.621. The highest BCUT2D eigenvalue weighted by atomic mass is 35.5. The van der Waals surface area contributed by atoms with Gasteiger partial charge in [-0.25, -0.2) is 4.68 Å². The molecule has 30 heavy (non-hydrogen) atoms. The van der Waals surface area contributed by atoms with Crippen molar-refractivity contribution in [1.29, 1.82) is 0 Å². The Hall–Kier alpha value is -3.39. The lowest BCUT2D eigenvalue weighted by Crippen LogP contribution is -2.45. The van der Waals surface area contributed by atoms with Gasteiger partial charge in [-0.05, 0) is 49.2 Å². The molecular formula is C21H19ClN4O4. The van der Waals surface area contributed by atoms with E-state index < -0.39 is 23.9 Å². The summed E-state index contributed by atoms with van der Waals surface area (Å²) in [6.07, 6.45) is 0.328. The lowest BCUT2D eigenvalue weighted by atomic mass is 10.1. The van der Waals surface area contributed by atoms with Crippen LogP contribution in [0.3, 0.4) is 0 Å². The van der Waals surface area contributed by atoms with Gasteiger partial charge in [-0.3, -0.25) is 29.2 Å². The smallest absolute Gasteiger partial charge is 0.275 e. The number of carbonyl (C=O) groups is 3. The highest BCUT2D eigenvalue weighted by Crippen LogP contribution is 2.29. The van der Waals surface area contributed by atoms with Crippen molar-refractivity contribution in [2.75, 3.05) is 0 Å². The third-order valence-corrected chi connectivity index (χ3v) is 5.64. The van der Waals surface area contributed by atoms with Crippen molar-refractivity contribution in [2.45, 2.75) is 31.8 Å². The van der Waals surface area contributed by atoms with Crippen molar-refractivity contribution < 1.29 is 14.4 Å². The number of imide groups is 1. The van der Waals surface area contributed by atoms with Crippen LogP contribution in [0.25, 0.3) is 10.9 Å². The van der Waals surface area contributed by atoms with Crippen molar-refractivity contribution in [3.05, 3.63) is 69.0 Å². The first kappa shape index (κ1) is 19.9. The van der Waals surface area contributed by atoms with Gasteiger partial charge in [0.2, 0.25) is 11.8 Å². The molecule has 0 spiro atoms. The van der Waals surface area contributed by atoms with Crippen LogP contribution < -0.4 is 16.6 Å². The van der Waals surface area contributed by atoms with Crippen molar-refractivity contribution in [2.24, 2.45) is 5.73 Å². The van der Waals surface area contributed by atoms with E-state index in [-0.39, 0.29) is 29.9 Å². The summed E-state index contributed by atoms with van der Waals surface area (Å²) in [4.78, 5) is 49.2. The number of fused-ring (bicyclic) bond motifs is 1. The fourth-order valence-corrected chi connectivity index (χ4v) is 4.10. The number of nitrogens with zero attached hydrogens (tertiary/aromatic N) is 2. The average Bonchev–Trinajstić information content (AvgIpc) is 2.99. The largest absolute Gasteiger partial charge is 0.366 e. The molecule has 1 aromatic heterocycles. The Labute approximate surface area is 176 Å². The molecule has 9 heteroatoms. The van der Waals surface area contributed by atoms with Gasteiger partial charge < -0.3 is 5.73 Å². The summed E-state index contributed by atoms with van der Waals surface area (Å²) in [6, 6.07) is 10.5. The molecule has 3 N–H and O–H groups in total. The summed E-state index contributed by atoms with van der Waals surface area (Å²) in [6.45, 7) is 1.86. The first-order valence-electron chi connectivity index (χ1n) is 9.43. The van der Waals surface area contributed by atoms with E-state index in [1.807, 2.05) is 13.0 Å². The van der Waals surface area contributed by atoms with E-state index in [0.717, 1.165) is 5.56 Å². The van der Waals surface area contributed by atoms with Crippen LogP contribution in [0.1, 0.15) is 47.8 Å². The number of aromatic nitrogens is 2. The molecule has 2 heterocycles. The van der Waals surface area contributed by atoms with Crippen molar-refractivity contribution in [1.82, 2.24) is 14.7 Å². The summed E-state index contributed by atoms with van der Waals surface area (Å²) in [5.74, 6) is -1.53. The van der Waals surface area contributed by atoms with Gasteiger partial charge in [0.25, 0.3) is 11.5 Å². The van der Waals surface area contributed by atoms with Crippen molar-refractivity contribution >= 4 is 40.2 Å². The van der Waals surface area contributed by atoms with Crippen LogP contribution in [0.5, 0.6) is 0 Å². The molecule has 1 fully saturated rings. The maximum Gasteiger partial charge on any atom is 0.275 e. The fraction of sp³-hybridized carbons (Fsp3) is 0.238. The number of piperidine rings is 1. The standard InChI is InChI=1S/C21H19ClN4O4/c1-11(12-3-2-4-14(22)9-12)25-17-10-13(19(23)28)5-6-15(17)21(30)26(25)16-7-8-18(27)24-20(16)29/h2-6,9-11,16H,7-8H2,1H3,(H2,23,28)(H,24,27,29)/t11-,16?/m0/s1. The first-order chi connectivity index (χ1) is 14.3. The predicted octanol–water partition coefficient (Wildman–Crippen LogP) is 2.14. The topological polar surface area (TPSA) is 116 Å². The molecule has 4 rings (SSSR count). The van der Waals surface area contributed by atoms with Crippen LogP contribution in [-0.2, 0) is 9.59 Å². The van der Waals surface area contributed by atoms with E-state index in [0.29, 0.717) is 15.9 Å². The highest BCUT2D eigenvalue weighted by Gasteiger charge is 2.33. The summed E-state index contributed by atoms with van der Waals surface area (Å²) in [5.41, 5.74) is 6.57. The molecule has 1 unspecified atom stereocenters. The molecule has 0 saturated carbocycles. The molecule has 0 aliphatic carbocycles. The van der Waals surface area contributed by atoms with Crippen molar-refractivity contribution in [3.63, 3.8) is 0 Å². The number of benzene rings is 2. The minimum Gasteiger partial charge on any atom is -0.366 e. The second-order valence-corrected chi connectivity index (χ2v) is 7.72. The van der Waals surface area contributed by atoms with E-state index >= 15 is 0 Å². The predicted molar refractivity (Wildman–Crippen MR) is 111 cm³/mol. The summed E-state index contributed by atoms with van der Waals surface area (Å²) >= 11 is 6.15. The Bertz CT molecular complexity index is 1260. The summed E-state index contributed by atoms with van der Waals surface area (Å²) in [5, 5.41) is 3.17. The van der Waals surface area contributed by atoms with Gasteiger partial charge in [-0.15, -0.1) is 0 Å². The Morgan fingerprint density at radius 3 is 2.63 bits per heavy atom. The van der Waals surface area contributed by atoms with Crippen molar-refractivity contribution in [3.8, 4) is 0 Å². The van der Waals surface area contributed by atoms with Crippen LogP contribution in [0.15, 0.2) is 47.3 Å². The highest BCUT2D eigenvalue weighted by molar-refractivity contribution is 6.30. The second-order valence-electron chi connectivity index (χ2n) is 7.29. The van der Waals surface area contributed by atoms with Crippen LogP contribution in [0, 0.1) is 0 Å². The van der Waals surface area contributed by atoms with Gasteiger partial charge in [0, 0.05) is 17.0 Å². The van der Waals surface area contributed by atoms with Gasteiger partial charge in [0.15, 0.2) is 0 Å². The SMILES string of the molecule is C[C@@H](c1cccc(Cl)c1)n1c2cc(C(N)=O)ccc2c(=O)n1C1CCC(=O)NC1=O. The van der Waals surface area contributed by atoms with Crippen LogP contribution in [0.2, 0.25) is 5.02 Å². The Morgan fingerprint density at radius 1 is 1.20 bits per heavy atom. The van der Waals surface area contributed by atoms with Gasteiger partial charge in [-0.2, -0.15) is 0 Å². The van der Waals surface area contributed by atoms with Crippen LogP contribution in [0.4, 0.5) is 0 Å². The van der Waals surface area contributed by atoms with Gasteiger partial charge >= 0.3 is 0 Å². The van der Waals surface area contributed by atoms with E-state index in [2.05, 4.69) is 5.32 Å². The summed E-state index contributed by atoms with van der Waals surface area (Å²) < 4.78 is 3.04. The minimum atomic E-state index is -0.860. The third-order valence-electron chi connectivity index (χ3n) is 5.40. The average molecular weight is 427 g/mol. The molecule has 3 aromatic rings. The molecule has 8 nitrogen and oxygen atoms in total. The van der Waals surface area contributed by atoms with Crippen LogP contribution >= 0.6 is 11.6 Å².